The fourth-order valence-corrected chi connectivity index (χ4v) is 2.82. The first-order valence-corrected chi connectivity index (χ1v) is 9.76. The molecule has 0 saturated carbocycles. The molecule has 0 saturated heterocycles. The Labute approximate surface area is 178 Å². The van der Waals surface area contributed by atoms with Gasteiger partial charge in [-0.3, -0.25) is 14.6 Å². The smallest absolute Gasteiger partial charge is 0.272 e. The number of amides is 2. The van der Waals surface area contributed by atoms with Gasteiger partial charge in [-0.25, -0.2) is 4.98 Å². The molecular formula is C22H34N4O4. The van der Waals surface area contributed by atoms with Crippen LogP contribution in [0.1, 0.15) is 43.2 Å². The molecule has 0 aliphatic rings. The Morgan fingerprint density at radius 2 is 1.60 bits per heavy atom. The standard InChI is InChI=1S/C20H26N4O2.2CH4O/c1-14(2)11-15(3)23-19(25)17(12-16-7-5-4-6-8-16)24-20(26)18-13-21-9-10-22-18;2*1-2/h4-10,13-15,17H,11-12H2,1-3H3,(H,23,25)(H,24,26);2*2H,1H3/t15-,17?;;/m1../s1. The largest absolute Gasteiger partial charge is 0.400 e. The lowest BCUT2D eigenvalue weighted by Crippen LogP contribution is -2.50. The molecule has 0 aliphatic carbocycles. The summed E-state index contributed by atoms with van der Waals surface area (Å²) in [5, 5.41) is 19.8. The van der Waals surface area contributed by atoms with Crippen LogP contribution >= 0.6 is 0 Å². The normalized spacial score (nSPS) is 11.7. The molecule has 8 heteroatoms. The molecule has 1 heterocycles. The van der Waals surface area contributed by atoms with Crippen LogP contribution in [0.2, 0.25) is 0 Å². The first-order chi connectivity index (χ1) is 14.5. The second kappa shape index (κ2) is 16.0. The van der Waals surface area contributed by atoms with Crippen molar-refractivity contribution in [3.05, 3.63) is 60.2 Å². The van der Waals surface area contributed by atoms with E-state index in [1.807, 2.05) is 37.3 Å². The summed E-state index contributed by atoms with van der Waals surface area (Å²) in [4.78, 5) is 33.1. The van der Waals surface area contributed by atoms with E-state index in [4.69, 9.17) is 10.2 Å². The maximum absolute atomic E-state index is 12.7. The average Bonchev–Trinajstić information content (AvgIpc) is 2.76. The van der Waals surface area contributed by atoms with Crippen LogP contribution in [0.3, 0.4) is 0 Å². The molecule has 30 heavy (non-hydrogen) atoms. The summed E-state index contributed by atoms with van der Waals surface area (Å²) in [6, 6.07) is 8.97. The van der Waals surface area contributed by atoms with Crippen LogP contribution in [0.25, 0.3) is 0 Å². The molecule has 0 fully saturated rings. The predicted molar refractivity (Wildman–Crippen MR) is 117 cm³/mol. The lowest BCUT2D eigenvalue weighted by atomic mass is 10.0. The molecule has 0 spiro atoms. The third-order valence-electron chi connectivity index (χ3n) is 3.91. The first kappa shape index (κ1) is 27.2. The minimum atomic E-state index is -0.679. The second-order valence-corrected chi connectivity index (χ2v) is 6.85. The number of aromatic nitrogens is 2. The summed E-state index contributed by atoms with van der Waals surface area (Å²) in [6.07, 6.45) is 5.62. The lowest BCUT2D eigenvalue weighted by molar-refractivity contribution is -0.123. The topological polar surface area (TPSA) is 124 Å². The van der Waals surface area contributed by atoms with Gasteiger partial charge >= 0.3 is 0 Å². The minimum Gasteiger partial charge on any atom is -0.400 e. The van der Waals surface area contributed by atoms with Crippen LogP contribution in [0.15, 0.2) is 48.9 Å². The van der Waals surface area contributed by atoms with E-state index in [1.54, 1.807) is 0 Å². The minimum absolute atomic E-state index is 0.0363. The van der Waals surface area contributed by atoms with Gasteiger partial charge in [0.25, 0.3) is 5.91 Å². The number of nitrogens with zero attached hydrogens (tertiary/aromatic N) is 2. The van der Waals surface area contributed by atoms with Crippen LogP contribution in [0.5, 0.6) is 0 Å². The van der Waals surface area contributed by atoms with E-state index < -0.39 is 11.9 Å². The Balaban J connectivity index is 0.00000198. The number of rotatable bonds is 8. The zero-order chi connectivity index (χ0) is 22.9. The third-order valence-corrected chi connectivity index (χ3v) is 3.91. The summed E-state index contributed by atoms with van der Waals surface area (Å²) in [5.74, 6) is -0.128. The highest BCUT2D eigenvalue weighted by molar-refractivity contribution is 5.96. The summed E-state index contributed by atoms with van der Waals surface area (Å²) >= 11 is 0. The van der Waals surface area contributed by atoms with Gasteiger partial charge in [-0.2, -0.15) is 0 Å². The maximum Gasteiger partial charge on any atom is 0.272 e. The van der Waals surface area contributed by atoms with Crippen molar-refractivity contribution in [3.63, 3.8) is 0 Å². The molecule has 0 bridgehead atoms. The maximum atomic E-state index is 12.7. The molecule has 4 N–H and O–H groups in total. The zero-order valence-electron chi connectivity index (χ0n) is 18.4. The summed E-state index contributed by atoms with van der Waals surface area (Å²) < 4.78 is 0. The van der Waals surface area contributed by atoms with Gasteiger partial charge in [0.15, 0.2) is 0 Å². The molecule has 8 nitrogen and oxygen atoms in total. The highest BCUT2D eigenvalue weighted by Gasteiger charge is 2.24. The highest BCUT2D eigenvalue weighted by Crippen LogP contribution is 2.07. The molecule has 2 atom stereocenters. The predicted octanol–water partition coefficient (Wildman–Crippen LogP) is 1.59. The average molecular weight is 419 g/mol. The zero-order valence-corrected chi connectivity index (χ0v) is 18.4. The number of carbonyl (C=O) groups is 2. The first-order valence-electron chi connectivity index (χ1n) is 9.76. The molecule has 1 aromatic heterocycles. The summed E-state index contributed by atoms with van der Waals surface area (Å²) in [6.45, 7) is 6.20. The van der Waals surface area contributed by atoms with Gasteiger partial charge in [-0.05, 0) is 24.8 Å². The van der Waals surface area contributed by atoms with Crippen molar-refractivity contribution in [2.24, 2.45) is 5.92 Å². The van der Waals surface area contributed by atoms with E-state index in [9.17, 15) is 9.59 Å². The van der Waals surface area contributed by atoms with Crippen LogP contribution in [-0.4, -0.2) is 58.3 Å². The number of aliphatic hydroxyl groups excluding tert-OH is 2. The number of benzene rings is 1. The van der Waals surface area contributed by atoms with E-state index >= 15 is 0 Å². The van der Waals surface area contributed by atoms with Gasteiger partial charge in [0.2, 0.25) is 5.91 Å². The Bertz CT molecular complexity index is 712. The van der Waals surface area contributed by atoms with Crippen LogP contribution in [-0.2, 0) is 11.2 Å². The van der Waals surface area contributed by atoms with Gasteiger partial charge in [-0.15, -0.1) is 0 Å². The van der Waals surface area contributed by atoms with E-state index in [0.717, 1.165) is 26.2 Å². The Morgan fingerprint density at radius 1 is 0.967 bits per heavy atom. The van der Waals surface area contributed by atoms with Gasteiger partial charge in [0.1, 0.15) is 11.7 Å². The quantitative estimate of drug-likeness (QED) is 0.516. The number of nitrogens with one attached hydrogen (secondary N) is 2. The van der Waals surface area contributed by atoms with Crippen molar-refractivity contribution >= 4 is 11.8 Å². The van der Waals surface area contributed by atoms with Gasteiger partial charge in [-0.1, -0.05) is 44.2 Å². The summed E-state index contributed by atoms with van der Waals surface area (Å²) in [7, 11) is 2.00. The van der Waals surface area contributed by atoms with Crippen molar-refractivity contribution in [2.45, 2.75) is 45.7 Å². The highest BCUT2D eigenvalue weighted by atomic mass is 16.2. The number of carbonyl (C=O) groups excluding carboxylic acids is 2. The van der Waals surface area contributed by atoms with Gasteiger partial charge < -0.3 is 20.8 Å². The van der Waals surface area contributed by atoms with Crippen molar-refractivity contribution in [3.8, 4) is 0 Å². The van der Waals surface area contributed by atoms with E-state index in [2.05, 4.69) is 34.4 Å². The second-order valence-electron chi connectivity index (χ2n) is 6.85. The Kier molecular flexibility index (Phi) is 14.5. The molecule has 2 aromatic rings. The van der Waals surface area contributed by atoms with Gasteiger partial charge in [0.05, 0.1) is 6.20 Å². The third kappa shape index (κ3) is 10.6. The lowest BCUT2D eigenvalue weighted by Gasteiger charge is -2.22. The molecule has 2 amide bonds. The Morgan fingerprint density at radius 3 is 2.13 bits per heavy atom. The monoisotopic (exact) mass is 418 g/mol. The molecule has 1 unspecified atom stereocenters. The van der Waals surface area contributed by atoms with Crippen molar-refractivity contribution in [1.82, 2.24) is 20.6 Å². The number of aliphatic hydroxyl groups is 2. The van der Waals surface area contributed by atoms with E-state index in [-0.39, 0.29) is 17.6 Å². The van der Waals surface area contributed by atoms with Crippen molar-refractivity contribution < 1.29 is 19.8 Å². The van der Waals surface area contributed by atoms with Crippen LogP contribution in [0.4, 0.5) is 0 Å². The van der Waals surface area contributed by atoms with E-state index in [1.165, 1.54) is 18.6 Å². The molecule has 166 valence electrons. The number of hydrogen-bond acceptors (Lipinski definition) is 6. The molecular weight excluding hydrogens is 384 g/mol. The molecule has 0 radical (unpaired) electrons. The SMILES string of the molecule is CC(C)C[C@@H](C)NC(=O)C(Cc1ccccc1)NC(=O)c1cnccn1.CO.CO. The number of hydrogen-bond donors (Lipinski definition) is 4. The molecule has 2 rings (SSSR count). The fraction of sp³-hybridized carbons (Fsp3) is 0.455. The van der Waals surface area contributed by atoms with Crippen molar-refractivity contribution in [1.29, 1.82) is 0 Å². The van der Waals surface area contributed by atoms with E-state index in [0.29, 0.717) is 12.3 Å². The molecule has 0 aliphatic heterocycles. The van der Waals surface area contributed by atoms with Crippen molar-refractivity contribution in [2.75, 3.05) is 14.2 Å². The fourth-order valence-electron chi connectivity index (χ4n) is 2.82. The Hall–Kier alpha value is -2.84. The van der Waals surface area contributed by atoms with Crippen LogP contribution < -0.4 is 10.6 Å². The summed E-state index contributed by atoms with van der Waals surface area (Å²) in [5.41, 5.74) is 1.16. The van der Waals surface area contributed by atoms with Gasteiger partial charge in [0, 0.05) is 39.1 Å². The molecule has 1 aromatic carbocycles. The van der Waals surface area contributed by atoms with Crippen LogP contribution in [0, 0.1) is 5.92 Å².